The van der Waals surface area contributed by atoms with E-state index in [9.17, 15) is 14.4 Å². The van der Waals surface area contributed by atoms with Crippen molar-refractivity contribution in [1.82, 2.24) is 0 Å². The maximum atomic E-state index is 12.7. The van der Waals surface area contributed by atoms with Crippen molar-refractivity contribution in [2.45, 2.75) is 194 Å². The van der Waals surface area contributed by atoms with Gasteiger partial charge < -0.3 is 14.2 Å². The van der Waals surface area contributed by atoms with E-state index in [0.717, 1.165) is 96.3 Å². The van der Waals surface area contributed by atoms with Crippen LogP contribution in [0.3, 0.4) is 0 Å². The minimum Gasteiger partial charge on any atom is -0.462 e. The normalized spacial score (nSPS) is 13.1. The number of ether oxygens (including phenoxy) is 3. The van der Waals surface area contributed by atoms with E-state index in [1.165, 1.54) is 38.5 Å². The third kappa shape index (κ3) is 45.0. The van der Waals surface area contributed by atoms with Crippen molar-refractivity contribution in [1.29, 1.82) is 0 Å². The van der Waals surface area contributed by atoms with Gasteiger partial charge in [-0.2, -0.15) is 0 Å². The summed E-state index contributed by atoms with van der Waals surface area (Å²) in [5.74, 6) is -1.05. The Labute approximate surface area is 361 Å². The van der Waals surface area contributed by atoms with Gasteiger partial charge in [0, 0.05) is 19.3 Å². The molecule has 0 aliphatic heterocycles. The van der Waals surface area contributed by atoms with Crippen molar-refractivity contribution in [3.05, 3.63) is 109 Å². The largest absolute Gasteiger partial charge is 0.462 e. The Morgan fingerprint density at radius 3 is 1.14 bits per heavy atom. The molecule has 0 N–H and O–H groups in total. The summed E-state index contributed by atoms with van der Waals surface area (Å²) in [4.78, 5) is 37.7. The lowest BCUT2D eigenvalue weighted by Gasteiger charge is -2.18. The molecular formula is C53H84O6. The molecule has 0 bridgehead atoms. The minimum absolute atomic E-state index is 0.115. The van der Waals surface area contributed by atoms with Gasteiger partial charge in [-0.05, 0) is 89.9 Å². The zero-order valence-corrected chi connectivity index (χ0v) is 37.7. The molecule has 0 saturated heterocycles. The average Bonchev–Trinajstić information content (AvgIpc) is 3.23. The first-order chi connectivity index (χ1) is 29.0. The predicted molar refractivity (Wildman–Crippen MR) is 251 cm³/mol. The SMILES string of the molecule is CC/C=C\C/C=C\C/C=C\C/C=C\C/C=C\CCC(=O)OCC(COC(=O)CCCCCCCCCCC)OC(=O)CCCCC/C=C\C/C=C\C/C=C\C/C=C\CC. The number of esters is 3. The molecule has 0 aliphatic rings. The smallest absolute Gasteiger partial charge is 0.306 e. The van der Waals surface area contributed by atoms with Crippen LogP contribution in [-0.4, -0.2) is 37.2 Å². The molecule has 0 saturated carbocycles. The van der Waals surface area contributed by atoms with E-state index in [0.29, 0.717) is 19.3 Å². The molecule has 0 radical (unpaired) electrons. The number of carbonyl (C=O) groups is 3. The molecule has 1 unspecified atom stereocenters. The number of carbonyl (C=O) groups excluding carboxylic acids is 3. The highest BCUT2D eigenvalue weighted by Gasteiger charge is 2.19. The number of unbranched alkanes of at least 4 members (excludes halogenated alkanes) is 11. The molecule has 6 nitrogen and oxygen atoms in total. The number of hydrogen-bond donors (Lipinski definition) is 0. The van der Waals surface area contributed by atoms with Gasteiger partial charge in [0.15, 0.2) is 6.10 Å². The van der Waals surface area contributed by atoms with E-state index < -0.39 is 6.10 Å². The van der Waals surface area contributed by atoms with Gasteiger partial charge in [0.25, 0.3) is 0 Å². The van der Waals surface area contributed by atoms with E-state index >= 15 is 0 Å². The second-order valence-electron chi connectivity index (χ2n) is 14.9. The summed E-state index contributed by atoms with van der Waals surface area (Å²) in [6.45, 7) is 6.27. The topological polar surface area (TPSA) is 78.9 Å². The summed E-state index contributed by atoms with van der Waals surface area (Å²) in [7, 11) is 0. The van der Waals surface area contributed by atoms with E-state index in [4.69, 9.17) is 14.2 Å². The van der Waals surface area contributed by atoms with Crippen LogP contribution in [0.5, 0.6) is 0 Å². The third-order valence-electron chi connectivity index (χ3n) is 9.29. The van der Waals surface area contributed by atoms with Crippen molar-refractivity contribution < 1.29 is 28.6 Å². The molecule has 0 aliphatic carbocycles. The Hall–Kier alpha value is -3.93. The lowest BCUT2D eigenvalue weighted by molar-refractivity contribution is -0.166. The highest BCUT2D eigenvalue weighted by molar-refractivity contribution is 5.71. The first-order valence-electron chi connectivity index (χ1n) is 23.4. The lowest BCUT2D eigenvalue weighted by Crippen LogP contribution is -2.30. The summed E-state index contributed by atoms with van der Waals surface area (Å²) >= 11 is 0. The van der Waals surface area contributed by atoms with Crippen LogP contribution in [0.1, 0.15) is 188 Å². The van der Waals surface area contributed by atoms with E-state index in [2.05, 4.69) is 118 Å². The highest BCUT2D eigenvalue weighted by atomic mass is 16.6. The minimum atomic E-state index is -0.823. The fraction of sp³-hybridized carbons (Fsp3) is 0.604. The number of hydrogen-bond acceptors (Lipinski definition) is 6. The van der Waals surface area contributed by atoms with Crippen molar-refractivity contribution in [2.75, 3.05) is 13.2 Å². The second kappa shape index (κ2) is 46.8. The molecule has 332 valence electrons. The van der Waals surface area contributed by atoms with E-state index in [-0.39, 0.29) is 44.0 Å². The first-order valence-corrected chi connectivity index (χ1v) is 23.4. The molecule has 0 fully saturated rings. The van der Waals surface area contributed by atoms with Crippen molar-refractivity contribution in [2.24, 2.45) is 0 Å². The van der Waals surface area contributed by atoms with Crippen LogP contribution < -0.4 is 0 Å². The molecule has 0 aromatic carbocycles. The Morgan fingerprint density at radius 2 is 0.695 bits per heavy atom. The average molecular weight is 817 g/mol. The zero-order chi connectivity index (χ0) is 43.0. The van der Waals surface area contributed by atoms with Gasteiger partial charge in [0.2, 0.25) is 0 Å². The van der Waals surface area contributed by atoms with Crippen LogP contribution in [0.25, 0.3) is 0 Å². The lowest BCUT2D eigenvalue weighted by atomic mass is 10.1. The molecule has 1 atom stereocenters. The fourth-order valence-electron chi connectivity index (χ4n) is 5.83. The summed E-state index contributed by atoms with van der Waals surface area (Å²) in [5, 5.41) is 0. The Kier molecular flexibility index (Phi) is 43.6. The van der Waals surface area contributed by atoms with Crippen LogP contribution in [0.15, 0.2) is 109 Å². The maximum Gasteiger partial charge on any atom is 0.306 e. The number of allylic oxidation sites excluding steroid dienone is 18. The van der Waals surface area contributed by atoms with E-state index in [1.54, 1.807) is 0 Å². The van der Waals surface area contributed by atoms with Crippen LogP contribution in [0.4, 0.5) is 0 Å². The van der Waals surface area contributed by atoms with Gasteiger partial charge in [0.05, 0.1) is 0 Å². The Morgan fingerprint density at radius 1 is 0.356 bits per heavy atom. The monoisotopic (exact) mass is 817 g/mol. The molecule has 0 amide bonds. The molecule has 6 heteroatoms. The fourth-order valence-corrected chi connectivity index (χ4v) is 5.83. The van der Waals surface area contributed by atoms with Crippen molar-refractivity contribution >= 4 is 17.9 Å². The maximum absolute atomic E-state index is 12.7. The molecular weight excluding hydrogens is 733 g/mol. The molecule has 59 heavy (non-hydrogen) atoms. The van der Waals surface area contributed by atoms with Gasteiger partial charge in [-0.15, -0.1) is 0 Å². The van der Waals surface area contributed by atoms with Gasteiger partial charge >= 0.3 is 17.9 Å². The van der Waals surface area contributed by atoms with Gasteiger partial charge in [-0.3, -0.25) is 14.4 Å². The Bertz CT molecular complexity index is 1260. The molecule has 0 aromatic heterocycles. The van der Waals surface area contributed by atoms with E-state index in [1.807, 2.05) is 12.2 Å². The predicted octanol–water partition coefficient (Wildman–Crippen LogP) is 15.2. The molecule has 0 rings (SSSR count). The second-order valence-corrected chi connectivity index (χ2v) is 14.9. The third-order valence-corrected chi connectivity index (χ3v) is 9.29. The Balaban J connectivity index is 4.55. The van der Waals surface area contributed by atoms with Crippen molar-refractivity contribution in [3.63, 3.8) is 0 Å². The van der Waals surface area contributed by atoms with Gasteiger partial charge in [-0.25, -0.2) is 0 Å². The van der Waals surface area contributed by atoms with Crippen molar-refractivity contribution in [3.8, 4) is 0 Å². The summed E-state index contributed by atoms with van der Waals surface area (Å²) in [6.07, 6.45) is 62.3. The molecule has 0 spiro atoms. The standard InChI is InChI=1S/C53H84O6/c1-4-7-10-13-16-19-21-23-25-27-29-31-34-37-40-43-46-52(55)58-49-50(48-57-51(54)45-42-39-36-33-18-15-12-9-6-3)59-53(56)47-44-41-38-35-32-30-28-26-24-22-20-17-14-11-8-5-2/h7-8,10-11,16-17,19-20,23-26,29-32,37,40,50H,4-6,9,12-15,18,21-22,27-28,33-36,38-39,41-49H2,1-3H3/b10-7-,11-8-,19-16-,20-17-,25-23-,26-24-,31-29-,32-30-,40-37-. The van der Waals surface area contributed by atoms with Crippen LogP contribution >= 0.6 is 0 Å². The van der Waals surface area contributed by atoms with Crippen LogP contribution in [-0.2, 0) is 28.6 Å². The zero-order valence-electron chi connectivity index (χ0n) is 37.7. The first kappa shape index (κ1) is 55.1. The van der Waals surface area contributed by atoms with Gasteiger partial charge in [0.1, 0.15) is 13.2 Å². The summed E-state index contributed by atoms with van der Waals surface area (Å²) < 4.78 is 16.6. The van der Waals surface area contributed by atoms with Crippen LogP contribution in [0, 0.1) is 0 Å². The van der Waals surface area contributed by atoms with Crippen LogP contribution in [0.2, 0.25) is 0 Å². The molecule has 0 aromatic rings. The summed E-state index contributed by atoms with van der Waals surface area (Å²) in [6, 6.07) is 0. The molecule has 0 heterocycles. The quantitative estimate of drug-likeness (QED) is 0.0265. The number of rotatable bonds is 40. The highest BCUT2D eigenvalue weighted by Crippen LogP contribution is 2.12. The summed E-state index contributed by atoms with van der Waals surface area (Å²) in [5.41, 5.74) is 0. The van der Waals surface area contributed by atoms with Gasteiger partial charge in [-0.1, -0.05) is 188 Å².